The number of amides is 2. The zero-order valence-electron chi connectivity index (χ0n) is 24.4. The van der Waals surface area contributed by atoms with Crippen molar-refractivity contribution in [3.8, 4) is 5.75 Å². The van der Waals surface area contributed by atoms with E-state index in [1.54, 1.807) is 45.2 Å². The van der Waals surface area contributed by atoms with Gasteiger partial charge in [0.05, 0.1) is 38.2 Å². The van der Waals surface area contributed by atoms with Gasteiger partial charge in [-0.05, 0) is 56.0 Å². The van der Waals surface area contributed by atoms with E-state index in [1.807, 2.05) is 30.3 Å². The molecule has 0 spiro atoms. The van der Waals surface area contributed by atoms with E-state index < -0.39 is 41.2 Å². The molecule has 0 aliphatic carbocycles. The van der Waals surface area contributed by atoms with Crippen LogP contribution in [0.1, 0.15) is 37.8 Å². The van der Waals surface area contributed by atoms with E-state index in [0.29, 0.717) is 25.5 Å². The van der Waals surface area contributed by atoms with Crippen molar-refractivity contribution in [3.63, 3.8) is 0 Å². The molecule has 4 rings (SSSR count). The number of halogens is 1. The molecular weight excluding hydrogens is 541 g/mol. The van der Waals surface area contributed by atoms with Crippen molar-refractivity contribution in [2.45, 2.75) is 63.3 Å². The molecule has 42 heavy (non-hydrogen) atoms. The van der Waals surface area contributed by atoms with Crippen LogP contribution in [0.5, 0.6) is 5.75 Å². The van der Waals surface area contributed by atoms with Gasteiger partial charge in [0.2, 0.25) is 11.8 Å². The Balaban J connectivity index is 1.49. The Kier molecular flexibility index (Phi) is 10.8. The number of hydrogen-bond acceptors (Lipinski definition) is 7. The molecule has 3 N–H and O–H groups in total. The number of ketones is 1. The highest BCUT2D eigenvalue weighted by Crippen LogP contribution is 2.29. The zero-order valence-corrected chi connectivity index (χ0v) is 24.4. The number of hydrogen-bond donors (Lipinski definition) is 3. The van der Waals surface area contributed by atoms with Crippen LogP contribution in [0.4, 0.5) is 4.39 Å². The Morgan fingerprint density at radius 3 is 2.31 bits per heavy atom. The van der Waals surface area contributed by atoms with Gasteiger partial charge in [-0.1, -0.05) is 42.5 Å². The van der Waals surface area contributed by atoms with Gasteiger partial charge in [0.25, 0.3) is 0 Å². The molecule has 2 aliphatic heterocycles. The Bertz CT molecular complexity index is 1240. The van der Waals surface area contributed by atoms with Crippen LogP contribution in [0.2, 0.25) is 0 Å². The molecule has 226 valence electrons. The Morgan fingerprint density at radius 1 is 1.05 bits per heavy atom. The van der Waals surface area contributed by atoms with E-state index in [9.17, 15) is 18.8 Å². The summed E-state index contributed by atoms with van der Waals surface area (Å²) in [6, 6.07) is 14.6. The molecule has 2 aromatic rings. The van der Waals surface area contributed by atoms with Crippen molar-refractivity contribution in [1.82, 2.24) is 16.0 Å². The van der Waals surface area contributed by atoms with Crippen LogP contribution in [-0.4, -0.2) is 68.4 Å². The number of carbonyl (C=O) groups is 3. The smallest absolute Gasteiger partial charge is 0.243 e. The first-order valence-electron chi connectivity index (χ1n) is 14.3. The van der Waals surface area contributed by atoms with E-state index in [1.165, 1.54) is 6.08 Å². The summed E-state index contributed by atoms with van der Waals surface area (Å²) in [4.78, 5) is 40.3. The van der Waals surface area contributed by atoms with Crippen molar-refractivity contribution < 1.29 is 33.0 Å². The summed E-state index contributed by atoms with van der Waals surface area (Å²) < 4.78 is 30.6. The molecule has 2 amide bonds. The lowest BCUT2D eigenvalue weighted by Gasteiger charge is -2.25. The zero-order chi connectivity index (χ0) is 30.1. The third-order valence-electron chi connectivity index (χ3n) is 7.62. The third-order valence-corrected chi connectivity index (χ3v) is 7.62. The van der Waals surface area contributed by atoms with Crippen molar-refractivity contribution in [1.29, 1.82) is 0 Å². The monoisotopic (exact) mass is 581 g/mol. The van der Waals surface area contributed by atoms with E-state index >= 15 is 0 Å². The van der Waals surface area contributed by atoms with Crippen LogP contribution in [0, 0.1) is 5.92 Å². The molecule has 9 nitrogen and oxygen atoms in total. The second-order valence-corrected chi connectivity index (χ2v) is 11.1. The fourth-order valence-electron chi connectivity index (χ4n) is 4.86. The quantitative estimate of drug-likeness (QED) is 0.294. The van der Waals surface area contributed by atoms with E-state index in [0.717, 1.165) is 11.1 Å². The Labute approximate surface area is 246 Å². The summed E-state index contributed by atoms with van der Waals surface area (Å²) >= 11 is 0. The molecule has 2 fully saturated rings. The minimum absolute atomic E-state index is 0.0600. The predicted molar refractivity (Wildman–Crippen MR) is 155 cm³/mol. The molecule has 0 bridgehead atoms. The standard InChI is InChI=1S/C32H40FN3O6/c1-21(15-24(33)18-25-13-14-41-20-34-25)30(38)36-28(17-23-9-11-26(40-3)12-10-23)31(39)35-27(29(37)32(2)19-42-32)16-22-7-5-4-6-8-22/h4-12,15,21,25,27-28,34H,13-14,16-20H2,1-3H3,(H,35,39)(H,36,38)/b24-15-. The number of benzene rings is 2. The molecule has 2 saturated heterocycles. The van der Waals surface area contributed by atoms with Gasteiger partial charge in [-0.2, -0.15) is 0 Å². The molecule has 0 aromatic heterocycles. The molecule has 0 saturated carbocycles. The normalized spacial score (nSPS) is 22.4. The first-order valence-corrected chi connectivity index (χ1v) is 14.3. The van der Waals surface area contributed by atoms with Crippen LogP contribution in [0.3, 0.4) is 0 Å². The van der Waals surface area contributed by atoms with Crippen molar-refractivity contribution in [3.05, 3.63) is 77.6 Å². The number of Topliss-reactive ketones (excluding diaryl/α,β-unsaturated/α-hetero) is 1. The lowest BCUT2D eigenvalue weighted by Crippen LogP contribution is -2.55. The summed E-state index contributed by atoms with van der Waals surface area (Å²) in [6.07, 6.45) is 2.55. The predicted octanol–water partition coefficient (Wildman–Crippen LogP) is 3.02. The van der Waals surface area contributed by atoms with Crippen LogP contribution >= 0.6 is 0 Å². The third kappa shape index (κ3) is 8.95. The van der Waals surface area contributed by atoms with Gasteiger partial charge >= 0.3 is 0 Å². The highest BCUT2D eigenvalue weighted by atomic mass is 19.1. The van der Waals surface area contributed by atoms with Gasteiger partial charge in [-0.25, -0.2) is 4.39 Å². The first kappa shape index (κ1) is 31.3. The maximum atomic E-state index is 14.8. The number of epoxide rings is 1. The topological polar surface area (TPSA) is 118 Å². The lowest BCUT2D eigenvalue weighted by molar-refractivity contribution is -0.133. The SMILES string of the molecule is COc1ccc(CC(NC(=O)C(C)/C=C(\F)CC2CCOCN2)C(=O)NC(Cc2ccccc2)C(=O)C2(C)CO2)cc1. The minimum atomic E-state index is -1.01. The number of rotatable bonds is 14. The highest BCUT2D eigenvalue weighted by Gasteiger charge is 2.50. The van der Waals surface area contributed by atoms with Crippen LogP contribution < -0.4 is 20.7 Å². The molecule has 10 heteroatoms. The van der Waals surface area contributed by atoms with Crippen molar-refractivity contribution in [2.24, 2.45) is 5.92 Å². The Morgan fingerprint density at radius 2 is 1.69 bits per heavy atom. The first-order chi connectivity index (χ1) is 20.2. The summed E-state index contributed by atoms with van der Waals surface area (Å²) in [5.41, 5.74) is 0.710. The molecular formula is C32H40FN3O6. The van der Waals surface area contributed by atoms with E-state index in [-0.39, 0.29) is 37.7 Å². The lowest BCUT2D eigenvalue weighted by atomic mass is 9.94. The summed E-state index contributed by atoms with van der Waals surface area (Å²) in [6.45, 7) is 4.51. The molecule has 2 aromatic carbocycles. The fraction of sp³-hybridized carbons (Fsp3) is 0.469. The van der Waals surface area contributed by atoms with Gasteiger partial charge in [0, 0.05) is 25.5 Å². The van der Waals surface area contributed by atoms with Crippen molar-refractivity contribution in [2.75, 3.05) is 27.1 Å². The fourth-order valence-corrected chi connectivity index (χ4v) is 4.86. The number of carbonyl (C=O) groups excluding carboxylic acids is 3. The molecule has 5 atom stereocenters. The average Bonchev–Trinajstić information content (AvgIpc) is 3.75. The molecule has 5 unspecified atom stereocenters. The summed E-state index contributed by atoms with van der Waals surface area (Å²) in [7, 11) is 1.56. The van der Waals surface area contributed by atoms with Gasteiger partial charge in [-0.3, -0.25) is 19.7 Å². The van der Waals surface area contributed by atoms with Crippen LogP contribution in [0.15, 0.2) is 66.5 Å². The molecule has 2 aliphatic rings. The number of nitrogens with one attached hydrogen (secondary N) is 3. The van der Waals surface area contributed by atoms with E-state index in [4.69, 9.17) is 14.2 Å². The van der Waals surface area contributed by atoms with Gasteiger partial charge in [0.1, 0.15) is 17.4 Å². The van der Waals surface area contributed by atoms with Gasteiger partial charge in [0.15, 0.2) is 5.78 Å². The minimum Gasteiger partial charge on any atom is -0.497 e. The maximum Gasteiger partial charge on any atom is 0.243 e. The molecule has 2 heterocycles. The Hall–Kier alpha value is -3.60. The van der Waals surface area contributed by atoms with E-state index in [2.05, 4.69) is 16.0 Å². The highest BCUT2D eigenvalue weighted by molar-refractivity contribution is 5.98. The molecule has 0 radical (unpaired) electrons. The summed E-state index contributed by atoms with van der Waals surface area (Å²) in [5, 5.41) is 8.76. The summed E-state index contributed by atoms with van der Waals surface area (Å²) in [5.74, 6) is -1.81. The number of ether oxygens (including phenoxy) is 3. The maximum absolute atomic E-state index is 14.8. The average molecular weight is 582 g/mol. The van der Waals surface area contributed by atoms with Gasteiger partial charge in [-0.15, -0.1) is 0 Å². The van der Waals surface area contributed by atoms with Crippen LogP contribution in [-0.2, 0) is 36.7 Å². The second kappa shape index (κ2) is 14.5. The second-order valence-electron chi connectivity index (χ2n) is 11.1. The van der Waals surface area contributed by atoms with Crippen LogP contribution in [0.25, 0.3) is 0 Å². The largest absolute Gasteiger partial charge is 0.497 e. The van der Waals surface area contributed by atoms with Gasteiger partial charge < -0.3 is 24.8 Å². The van der Waals surface area contributed by atoms with Crippen molar-refractivity contribution >= 4 is 17.6 Å². The number of methoxy groups -OCH3 is 1.